The van der Waals surface area contributed by atoms with Crippen molar-refractivity contribution < 1.29 is 0 Å². The molecular formula is C18H28IN3. The summed E-state index contributed by atoms with van der Waals surface area (Å²) in [6.07, 6.45) is 4.98. The Bertz CT molecular complexity index is 504. The maximum Gasteiger partial charge on any atom is 0.191 e. The number of rotatable bonds is 3. The molecule has 2 N–H and O–H groups in total. The van der Waals surface area contributed by atoms with Gasteiger partial charge >= 0.3 is 0 Å². The van der Waals surface area contributed by atoms with Gasteiger partial charge in [-0.3, -0.25) is 0 Å². The number of halogens is 1. The largest absolute Gasteiger partial charge is 0.370 e. The van der Waals surface area contributed by atoms with Gasteiger partial charge in [0.2, 0.25) is 0 Å². The highest BCUT2D eigenvalue weighted by Crippen LogP contribution is 2.43. The summed E-state index contributed by atoms with van der Waals surface area (Å²) in [4.78, 5) is 7.00. The molecule has 3 nitrogen and oxygen atoms in total. The Hall–Kier alpha value is -0.780. The minimum absolute atomic E-state index is 0. The van der Waals surface area contributed by atoms with E-state index in [1.54, 1.807) is 0 Å². The van der Waals surface area contributed by atoms with Crippen LogP contribution in [-0.2, 0) is 0 Å². The maximum absolute atomic E-state index is 6.17. The first kappa shape index (κ1) is 17.6. The van der Waals surface area contributed by atoms with Crippen molar-refractivity contribution in [3.05, 3.63) is 35.4 Å². The molecule has 1 aliphatic carbocycles. The summed E-state index contributed by atoms with van der Waals surface area (Å²) in [6.45, 7) is 6.63. The number of benzene rings is 1. The molecule has 1 heterocycles. The van der Waals surface area contributed by atoms with Crippen LogP contribution in [0.3, 0.4) is 0 Å². The second-order valence-electron chi connectivity index (χ2n) is 6.77. The van der Waals surface area contributed by atoms with Crippen LogP contribution in [0.25, 0.3) is 0 Å². The lowest BCUT2D eigenvalue weighted by Crippen LogP contribution is -2.41. The zero-order chi connectivity index (χ0) is 14.8. The third-order valence-corrected chi connectivity index (χ3v) is 4.77. The molecule has 3 rings (SSSR count). The normalized spacial score (nSPS) is 25.0. The summed E-state index contributed by atoms with van der Waals surface area (Å²) in [5.74, 6) is 1.94. The second-order valence-corrected chi connectivity index (χ2v) is 6.77. The topological polar surface area (TPSA) is 41.6 Å². The van der Waals surface area contributed by atoms with Gasteiger partial charge in [0, 0.05) is 19.0 Å². The molecule has 4 heteroatoms. The summed E-state index contributed by atoms with van der Waals surface area (Å²) in [5.41, 5.74) is 9.00. The summed E-state index contributed by atoms with van der Waals surface area (Å²) in [7, 11) is 0. The van der Waals surface area contributed by atoms with E-state index < -0.39 is 0 Å². The Morgan fingerprint density at radius 2 is 1.77 bits per heavy atom. The van der Waals surface area contributed by atoms with Gasteiger partial charge in [-0.25, -0.2) is 4.99 Å². The highest BCUT2D eigenvalue weighted by molar-refractivity contribution is 14.0. The first-order valence-corrected chi connectivity index (χ1v) is 8.33. The van der Waals surface area contributed by atoms with Gasteiger partial charge < -0.3 is 10.6 Å². The van der Waals surface area contributed by atoms with Gasteiger partial charge in [-0.05, 0) is 42.7 Å². The van der Waals surface area contributed by atoms with E-state index in [-0.39, 0.29) is 24.0 Å². The molecule has 1 aromatic carbocycles. The van der Waals surface area contributed by atoms with E-state index in [9.17, 15) is 0 Å². The van der Waals surface area contributed by atoms with Crippen LogP contribution in [0.15, 0.2) is 29.3 Å². The zero-order valence-electron chi connectivity index (χ0n) is 13.7. The molecule has 0 aromatic heterocycles. The van der Waals surface area contributed by atoms with Gasteiger partial charge in [0.15, 0.2) is 5.96 Å². The number of aliphatic imine (C=N–C) groups is 1. The maximum atomic E-state index is 6.17. The fourth-order valence-electron chi connectivity index (χ4n) is 3.19. The molecule has 1 aromatic rings. The predicted molar refractivity (Wildman–Crippen MR) is 104 cm³/mol. The van der Waals surface area contributed by atoms with Crippen molar-refractivity contribution in [1.29, 1.82) is 0 Å². The predicted octanol–water partition coefficient (Wildman–Crippen LogP) is 4.08. The first-order chi connectivity index (χ1) is 10.1. The third-order valence-electron chi connectivity index (χ3n) is 4.77. The molecule has 0 bridgehead atoms. The third kappa shape index (κ3) is 4.15. The van der Waals surface area contributed by atoms with Gasteiger partial charge in [0.1, 0.15) is 0 Å². The van der Waals surface area contributed by atoms with Crippen molar-refractivity contribution >= 4 is 29.9 Å². The van der Waals surface area contributed by atoms with E-state index in [4.69, 9.17) is 10.7 Å². The van der Waals surface area contributed by atoms with Crippen molar-refractivity contribution in [2.24, 2.45) is 10.7 Å². The van der Waals surface area contributed by atoms with E-state index in [0.29, 0.717) is 17.9 Å². The van der Waals surface area contributed by atoms with Gasteiger partial charge in [-0.15, -0.1) is 24.0 Å². The molecular weight excluding hydrogens is 385 g/mol. The fourth-order valence-corrected chi connectivity index (χ4v) is 3.19. The van der Waals surface area contributed by atoms with Gasteiger partial charge in [0.05, 0.1) is 6.04 Å². The fraction of sp³-hybridized carbons (Fsp3) is 0.611. The van der Waals surface area contributed by atoms with E-state index in [1.165, 1.54) is 30.4 Å². The van der Waals surface area contributed by atoms with Gasteiger partial charge in [0.25, 0.3) is 0 Å². The first-order valence-electron chi connectivity index (χ1n) is 8.33. The molecule has 2 atom stereocenters. The Balaban J connectivity index is 0.00000176. The Morgan fingerprint density at radius 1 is 1.14 bits per heavy atom. The lowest BCUT2D eigenvalue weighted by atomic mass is 10.0. The quantitative estimate of drug-likeness (QED) is 0.461. The van der Waals surface area contributed by atoms with Crippen LogP contribution >= 0.6 is 24.0 Å². The molecule has 122 valence electrons. The number of guanidine groups is 1. The van der Waals surface area contributed by atoms with Gasteiger partial charge in [-0.2, -0.15) is 0 Å². The monoisotopic (exact) mass is 413 g/mol. The molecule has 0 spiro atoms. The number of nitrogens with zero attached hydrogens (tertiary/aromatic N) is 2. The van der Waals surface area contributed by atoms with Crippen LogP contribution in [-0.4, -0.2) is 30.0 Å². The van der Waals surface area contributed by atoms with Crippen LogP contribution in [0.1, 0.15) is 62.5 Å². The SMILES string of the molecule is CC(C)c1ccc(C2CC2N=C(N)N2CCCCC2)cc1.I. The molecule has 2 unspecified atom stereocenters. The molecule has 1 aliphatic heterocycles. The highest BCUT2D eigenvalue weighted by atomic mass is 127. The van der Waals surface area contributed by atoms with E-state index in [0.717, 1.165) is 25.5 Å². The summed E-state index contributed by atoms with van der Waals surface area (Å²) >= 11 is 0. The highest BCUT2D eigenvalue weighted by Gasteiger charge is 2.38. The van der Waals surface area contributed by atoms with Crippen molar-refractivity contribution in [3.63, 3.8) is 0 Å². The minimum Gasteiger partial charge on any atom is -0.370 e. The van der Waals surface area contributed by atoms with Crippen molar-refractivity contribution in [2.75, 3.05) is 13.1 Å². The number of nitrogens with two attached hydrogens (primary N) is 1. The van der Waals surface area contributed by atoms with Crippen molar-refractivity contribution in [3.8, 4) is 0 Å². The number of likely N-dealkylation sites (tertiary alicyclic amines) is 1. The van der Waals surface area contributed by atoms with Crippen LogP contribution in [0.2, 0.25) is 0 Å². The molecule has 0 radical (unpaired) electrons. The van der Waals surface area contributed by atoms with E-state index in [1.807, 2.05) is 0 Å². The summed E-state index contributed by atoms with van der Waals surface area (Å²) < 4.78 is 0. The lowest BCUT2D eigenvalue weighted by Gasteiger charge is -2.27. The molecule has 0 amide bonds. The van der Waals surface area contributed by atoms with Crippen LogP contribution < -0.4 is 5.73 Å². The number of piperidine rings is 1. The molecule has 22 heavy (non-hydrogen) atoms. The lowest BCUT2D eigenvalue weighted by molar-refractivity contribution is 0.338. The average molecular weight is 413 g/mol. The van der Waals surface area contributed by atoms with E-state index in [2.05, 4.69) is 43.0 Å². The molecule has 1 saturated heterocycles. The molecule has 2 aliphatic rings. The second kappa shape index (κ2) is 7.66. The van der Waals surface area contributed by atoms with Crippen molar-refractivity contribution in [1.82, 2.24) is 4.90 Å². The Kier molecular flexibility index (Phi) is 6.12. The van der Waals surface area contributed by atoms with Crippen LogP contribution in [0.4, 0.5) is 0 Å². The van der Waals surface area contributed by atoms with E-state index >= 15 is 0 Å². The van der Waals surface area contributed by atoms with Crippen LogP contribution in [0, 0.1) is 0 Å². The average Bonchev–Trinajstić information content (AvgIpc) is 3.27. The Labute approximate surface area is 151 Å². The molecule has 2 fully saturated rings. The number of hydrogen-bond acceptors (Lipinski definition) is 1. The summed E-state index contributed by atoms with van der Waals surface area (Å²) in [5, 5.41) is 0. The minimum atomic E-state index is 0. The van der Waals surface area contributed by atoms with Crippen molar-refractivity contribution in [2.45, 2.75) is 57.4 Å². The zero-order valence-corrected chi connectivity index (χ0v) is 16.0. The number of hydrogen-bond donors (Lipinski definition) is 1. The Morgan fingerprint density at radius 3 is 2.36 bits per heavy atom. The van der Waals surface area contributed by atoms with Gasteiger partial charge in [-0.1, -0.05) is 38.1 Å². The summed E-state index contributed by atoms with van der Waals surface area (Å²) in [6, 6.07) is 9.45. The smallest absolute Gasteiger partial charge is 0.191 e. The van der Waals surface area contributed by atoms with Crippen LogP contribution in [0.5, 0.6) is 0 Å². The molecule has 1 saturated carbocycles. The standard InChI is InChI=1S/C18H27N3.HI/c1-13(2)14-6-8-15(9-7-14)16-12-17(16)20-18(19)21-10-4-3-5-11-21;/h6-9,13,16-17H,3-5,10-12H2,1-2H3,(H2,19,20);1H.